The molecule has 0 fully saturated rings. The number of halogens is 1. The Kier molecular flexibility index (Phi) is 3.00. The predicted molar refractivity (Wildman–Crippen MR) is 82.3 cm³/mol. The fourth-order valence-electron chi connectivity index (χ4n) is 3.64. The molecule has 1 aromatic rings. The molecule has 0 spiro atoms. The molecular weight excluding hydrogens is 316 g/mol. The number of Topliss-reactive ketones (excluding diaryl/α,β-unsaturated/α-hetero) is 4. The first kappa shape index (κ1) is 14.3. The van der Waals surface area contributed by atoms with Crippen molar-refractivity contribution in [2.45, 2.75) is 12.8 Å². The number of benzene rings is 1. The lowest BCUT2D eigenvalue weighted by Gasteiger charge is -2.35. The molecule has 114 valence electrons. The van der Waals surface area contributed by atoms with Gasteiger partial charge in [-0.3, -0.25) is 19.2 Å². The van der Waals surface area contributed by atoms with Gasteiger partial charge in [-0.15, -0.1) is 0 Å². The van der Waals surface area contributed by atoms with Crippen LogP contribution in [0.3, 0.4) is 0 Å². The Hall–Kier alpha value is -2.33. The summed E-state index contributed by atoms with van der Waals surface area (Å²) in [7, 11) is 0. The number of rotatable bonds is 0. The van der Waals surface area contributed by atoms with Crippen molar-refractivity contribution in [1.82, 2.24) is 0 Å². The van der Waals surface area contributed by atoms with Crippen LogP contribution in [0.4, 0.5) is 0 Å². The van der Waals surface area contributed by atoms with Crippen LogP contribution in [0.25, 0.3) is 0 Å². The van der Waals surface area contributed by atoms with E-state index in [9.17, 15) is 19.2 Å². The number of carbonyl (C=O) groups is 4. The third kappa shape index (κ3) is 1.85. The van der Waals surface area contributed by atoms with Gasteiger partial charge < -0.3 is 0 Å². The van der Waals surface area contributed by atoms with Gasteiger partial charge in [0, 0.05) is 28.0 Å². The van der Waals surface area contributed by atoms with Gasteiger partial charge in [-0.1, -0.05) is 41.9 Å². The molecule has 1 aromatic carbocycles. The van der Waals surface area contributed by atoms with Crippen molar-refractivity contribution in [1.29, 1.82) is 0 Å². The van der Waals surface area contributed by atoms with E-state index in [-0.39, 0.29) is 28.7 Å². The van der Waals surface area contributed by atoms with E-state index in [4.69, 9.17) is 11.6 Å². The SMILES string of the molecule is O=C1C2=C(C(=O)c3ccccc31)C(=O)C1CC(Cl)=CCC1C2=O. The van der Waals surface area contributed by atoms with Gasteiger partial charge in [-0.25, -0.2) is 0 Å². The van der Waals surface area contributed by atoms with Gasteiger partial charge in [0.05, 0.1) is 11.1 Å². The minimum Gasteiger partial charge on any atom is -0.294 e. The lowest BCUT2D eigenvalue weighted by Crippen LogP contribution is -2.44. The molecule has 4 nitrogen and oxygen atoms in total. The van der Waals surface area contributed by atoms with Crippen LogP contribution in [0, 0.1) is 11.8 Å². The summed E-state index contributed by atoms with van der Waals surface area (Å²) in [5.74, 6) is -3.11. The molecular formula is C18H11ClO4. The van der Waals surface area contributed by atoms with Gasteiger partial charge in [0.15, 0.2) is 23.1 Å². The molecule has 4 rings (SSSR count). The Morgan fingerprint density at radius 3 is 1.91 bits per heavy atom. The summed E-state index contributed by atoms with van der Waals surface area (Å²) >= 11 is 6.00. The standard InChI is InChI=1S/C18H11ClO4/c19-8-5-6-11-12(7-8)18(23)14-13(17(11)22)15(20)9-3-1-2-4-10(9)16(14)21/h1-5,11-12H,6-7H2. The largest absolute Gasteiger partial charge is 0.294 e. The van der Waals surface area contributed by atoms with Gasteiger partial charge in [0.1, 0.15) is 0 Å². The topological polar surface area (TPSA) is 68.3 Å². The molecule has 0 radical (unpaired) electrons. The lowest BCUT2D eigenvalue weighted by atomic mass is 9.65. The van der Waals surface area contributed by atoms with E-state index in [2.05, 4.69) is 0 Å². The molecule has 0 saturated carbocycles. The molecule has 3 aliphatic rings. The fraction of sp³-hybridized carbons (Fsp3) is 0.222. The Morgan fingerprint density at radius 2 is 1.35 bits per heavy atom. The second-order valence-corrected chi connectivity index (χ2v) is 6.47. The molecule has 23 heavy (non-hydrogen) atoms. The summed E-state index contributed by atoms with van der Waals surface area (Å²) in [6, 6.07) is 6.29. The molecule has 2 atom stereocenters. The second kappa shape index (κ2) is 4.83. The molecule has 0 N–H and O–H groups in total. The van der Waals surface area contributed by atoms with Crippen molar-refractivity contribution >= 4 is 34.7 Å². The van der Waals surface area contributed by atoms with E-state index in [1.807, 2.05) is 0 Å². The third-order valence-electron chi connectivity index (χ3n) is 4.78. The minimum atomic E-state index is -0.638. The maximum Gasteiger partial charge on any atom is 0.198 e. The highest BCUT2D eigenvalue weighted by Crippen LogP contribution is 2.43. The minimum absolute atomic E-state index is 0.188. The third-order valence-corrected chi connectivity index (χ3v) is 5.09. The van der Waals surface area contributed by atoms with Crippen molar-refractivity contribution in [3.8, 4) is 0 Å². The van der Waals surface area contributed by atoms with Crippen LogP contribution in [0.15, 0.2) is 46.5 Å². The predicted octanol–water partition coefficient (Wildman–Crippen LogP) is 2.66. The number of hydrogen-bond acceptors (Lipinski definition) is 4. The summed E-state index contributed by atoms with van der Waals surface area (Å²) in [5.41, 5.74) is -0.0915. The van der Waals surface area contributed by atoms with Crippen LogP contribution in [-0.4, -0.2) is 23.1 Å². The summed E-state index contributed by atoms with van der Waals surface area (Å²) in [6.45, 7) is 0. The fourth-order valence-corrected chi connectivity index (χ4v) is 3.89. The van der Waals surface area contributed by atoms with Crippen LogP contribution < -0.4 is 0 Å². The quantitative estimate of drug-likeness (QED) is 0.687. The Balaban J connectivity index is 1.92. The second-order valence-electron chi connectivity index (χ2n) is 5.99. The smallest absolute Gasteiger partial charge is 0.198 e. The Labute approximate surface area is 136 Å². The zero-order chi connectivity index (χ0) is 16.3. The van der Waals surface area contributed by atoms with Gasteiger partial charge in [0.25, 0.3) is 0 Å². The summed E-state index contributed by atoms with van der Waals surface area (Å²) in [4.78, 5) is 50.9. The van der Waals surface area contributed by atoms with E-state index in [1.165, 1.54) is 12.1 Å². The van der Waals surface area contributed by atoms with Crippen LogP contribution in [0.1, 0.15) is 33.6 Å². The van der Waals surface area contributed by atoms with Crippen LogP contribution in [0.2, 0.25) is 0 Å². The molecule has 3 aliphatic carbocycles. The average Bonchev–Trinajstić information content (AvgIpc) is 2.56. The highest BCUT2D eigenvalue weighted by atomic mass is 35.5. The highest BCUT2D eigenvalue weighted by molar-refractivity contribution is 6.45. The maximum atomic E-state index is 12.8. The maximum absolute atomic E-state index is 12.8. The number of ketones is 4. The van der Waals surface area contributed by atoms with Gasteiger partial charge in [-0.05, 0) is 12.8 Å². The van der Waals surface area contributed by atoms with Crippen LogP contribution in [-0.2, 0) is 9.59 Å². The van der Waals surface area contributed by atoms with E-state index in [0.29, 0.717) is 11.5 Å². The van der Waals surface area contributed by atoms with Crippen molar-refractivity contribution in [3.63, 3.8) is 0 Å². The monoisotopic (exact) mass is 326 g/mol. The Bertz CT molecular complexity index is 875. The van der Waals surface area contributed by atoms with Gasteiger partial charge in [-0.2, -0.15) is 0 Å². The zero-order valence-electron chi connectivity index (χ0n) is 12.0. The van der Waals surface area contributed by atoms with E-state index in [0.717, 1.165) is 0 Å². The van der Waals surface area contributed by atoms with Crippen LogP contribution in [0.5, 0.6) is 0 Å². The van der Waals surface area contributed by atoms with E-state index < -0.39 is 35.0 Å². The number of hydrogen-bond donors (Lipinski definition) is 0. The average molecular weight is 327 g/mol. The molecule has 0 heterocycles. The van der Waals surface area contributed by atoms with Gasteiger partial charge >= 0.3 is 0 Å². The molecule has 2 unspecified atom stereocenters. The van der Waals surface area contributed by atoms with Gasteiger partial charge in [0.2, 0.25) is 0 Å². The van der Waals surface area contributed by atoms with Crippen LogP contribution >= 0.6 is 11.6 Å². The molecule has 0 bridgehead atoms. The first-order valence-corrected chi connectivity index (χ1v) is 7.74. The van der Waals surface area contributed by atoms with Crippen molar-refractivity contribution in [3.05, 3.63) is 57.6 Å². The molecule has 0 aliphatic heterocycles. The molecule has 0 saturated heterocycles. The van der Waals surface area contributed by atoms with Crippen molar-refractivity contribution < 1.29 is 19.2 Å². The van der Waals surface area contributed by atoms with Crippen molar-refractivity contribution in [2.75, 3.05) is 0 Å². The lowest BCUT2D eigenvalue weighted by molar-refractivity contribution is -0.130. The first-order chi connectivity index (χ1) is 11.0. The summed E-state index contributed by atoms with van der Waals surface area (Å²) in [6.07, 6.45) is 2.28. The van der Waals surface area contributed by atoms with Crippen molar-refractivity contribution in [2.24, 2.45) is 11.8 Å². The first-order valence-electron chi connectivity index (χ1n) is 7.36. The van der Waals surface area contributed by atoms with E-state index in [1.54, 1.807) is 18.2 Å². The molecule has 0 aromatic heterocycles. The number of allylic oxidation sites excluding steroid dienone is 4. The summed E-state index contributed by atoms with van der Waals surface area (Å²) < 4.78 is 0. The zero-order valence-corrected chi connectivity index (χ0v) is 12.7. The molecule has 0 amide bonds. The summed E-state index contributed by atoms with van der Waals surface area (Å²) in [5, 5.41) is 0.520. The highest BCUT2D eigenvalue weighted by Gasteiger charge is 2.50. The number of fused-ring (bicyclic) bond motifs is 2. The molecule has 5 heteroatoms. The number of carbonyl (C=O) groups excluding carboxylic acids is 4. The Morgan fingerprint density at radius 1 is 0.826 bits per heavy atom. The van der Waals surface area contributed by atoms with E-state index >= 15 is 0 Å². The normalized spacial score (nSPS) is 26.6.